The van der Waals surface area contributed by atoms with Gasteiger partial charge in [0, 0.05) is 29.7 Å². The lowest BCUT2D eigenvalue weighted by Crippen LogP contribution is -2.57. The second-order valence-electron chi connectivity index (χ2n) is 9.66. The highest BCUT2D eigenvalue weighted by atomic mass is 16.3. The molecule has 1 heterocycles. The van der Waals surface area contributed by atoms with Crippen molar-refractivity contribution in [3.63, 3.8) is 0 Å². The van der Waals surface area contributed by atoms with Crippen molar-refractivity contribution in [3.8, 4) is 17.0 Å². The molecule has 9 heteroatoms. The first kappa shape index (κ1) is 23.7. The summed E-state index contributed by atoms with van der Waals surface area (Å²) in [4.78, 5) is 43.2. The van der Waals surface area contributed by atoms with Crippen molar-refractivity contribution in [2.24, 2.45) is 17.6 Å². The number of aromatic nitrogens is 1. The third-order valence-electron chi connectivity index (χ3n) is 7.60. The second-order valence-corrected chi connectivity index (χ2v) is 9.66. The number of aryl methyl sites for hydroxylation is 1. The number of primary amides is 1. The molecule has 0 saturated heterocycles. The van der Waals surface area contributed by atoms with E-state index in [-0.39, 0.29) is 36.1 Å². The van der Waals surface area contributed by atoms with Gasteiger partial charge in [-0.15, -0.1) is 0 Å². The highest BCUT2D eigenvalue weighted by Gasteiger charge is 2.59. The van der Waals surface area contributed by atoms with Gasteiger partial charge in [-0.05, 0) is 54.5 Å². The topological polar surface area (TPSA) is 171 Å². The van der Waals surface area contributed by atoms with Gasteiger partial charge >= 0.3 is 0 Å². The van der Waals surface area contributed by atoms with Crippen LogP contribution < -0.4 is 5.73 Å². The molecule has 2 aromatic rings. The molecular formula is C27H26N2O7. The zero-order chi connectivity index (χ0) is 25.9. The summed E-state index contributed by atoms with van der Waals surface area (Å²) in [5.74, 6) is -6.31. The molecule has 1 amide bonds. The average Bonchev–Trinajstić information content (AvgIpc) is 2.83. The average molecular weight is 491 g/mol. The van der Waals surface area contributed by atoms with Crippen molar-refractivity contribution in [2.75, 3.05) is 0 Å². The van der Waals surface area contributed by atoms with Crippen LogP contribution in [0.4, 0.5) is 0 Å². The van der Waals surface area contributed by atoms with Crippen LogP contribution >= 0.6 is 0 Å². The molecule has 5 rings (SSSR count). The molecule has 3 aliphatic carbocycles. The number of carbonyl (C=O) groups is 3. The fraction of sp³-hybridized carbons (Fsp3) is 0.333. The van der Waals surface area contributed by atoms with Crippen LogP contribution in [0.5, 0.6) is 5.75 Å². The van der Waals surface area contributed by atoms with Crippen molar-refractivity contribution in [1.82, 2.24) is 4.98 Å². The van der Waals surface area contributed by atoms with Crippen LogP contribution in [-0.4, -0.2) is 48.5 Å². The predicted molar refractivity (Wildman–Crippen MR) is 128 cm³/mol. The lowest BCUT2D eigenvalue weighted by atomic mass is 9.60. The number of Topliss-reactive ketones (excluding diaryl/α,β-unsaturated/α-hetero) is 2. The number of aliphatic hydroxyl groups excluding tert-OH is 2. The molecule has 0 unspecified atom stereocenters. The molecule has 36 heavy (non-hydrogen) atoms. The quantitative estimate of drug-likeness (QED) is 0.407. The van der Waals surface area contributed by atoms with E-state index in [1.807, 2.05) is 25.1 Å². The molecule has 1 aromatic carbocycles. The first-order chi connectivity index (χ1) is 17.1. The van der Waals surface area contributed by atoms with Gasteiger partial charge in [-0.3, -0.25) is 19.4 Å². The summed E-state index contributed by atoms with van der Waals surface area (Å²) in [7, 11) is 0. The normalized spacial score (nSPS) is 25.4. The van der Waals surface area contributed by atoms with E-state index >= 15 is 0 Å². The first-order valence-electron chi connectivity index (χ1n) is 11.9. The number of phenols is 1. The molecule has 0 bridgehead atoms. The number of rotatable bonds is 4. The number of ketones is 2. The van der Waals surface area contributed by atoms with Gasteiger partial charge in [0.25, 0.3) is 5.91 Å². The number of carbonyl (C=O) groups excluding carboxylic acids is 3. The molecule has 0 radical (unpaired) electrons. The van der Waals surface area contributed by atoms with E-state index in [1.165, 1.54) is 0 Å². The van der Waals surface area contributed by atoms with Crippen LogP contribution in [0.3, 0.4) is 0 Å². The number of allylic oxidation sites excluding steroid dienone is 2. The van der Waals surface area contributed by atoms with E-state index < -0.39 is 52.0 Å². The molecule has 1 aromatic heterocycles. The summed E-state index contributed by atoms with van der Waals surface area (Å²) in [6, 6.07) is 7.24. The van der Waals surface area contributed by atoms with Crippen molar-refractivity contribution < 1.29 is 34.8 Å². The van der Waals surface area contributed by atoms with E-state index in [1.54, 1.807) is 12.3 Å². The van der Waals surface area contributed by atoms with Gasteiger partial charge in [-0.1, -0.05) is 19.4 Å². The van der Waals surface area contributed by atoms with Crippen molar-refractivity contribution in [2.45, 2.75) is 44.6 Å². The largest absolute Gasteiger partial charge is 0.511 e. The minimum absolute atomic E-state index is 0.0122. The smallest absolute Gasteiger partial charge is 0.255 e. The molecule has 0 fully saturated rings. The SMILES string of the molecule is CCCc1cc(-c2ccccn2)c2c(c1O)C(=O)C1=C(O)[C@]3(O)C(=O)C(C(N)=O)=C(O)C[C@@H]3C[C@@H]1C2. The number of amides is 1. The van der Waals surface area contributed by atoms with E-state index in [0.717, 1.165) is 0 Å². The standard InChI is InChI=1S/C27H26N2O7/c1-2-5-12-9-15(17-6-3-4-7-29-17)16-10-13-8-14-11-18(30)21(26(28)35)25(34)27(14,36)24(33)19(13)23(32)20(16)22(12)31/h3-4,6-7,9,13-14,30-31,33,36H,2,5,8,10-11H2,1H3,(H2,28,35)/t13-,14+,27+/m1/s1. The fourth-order valence-corrected chi connectivity index (χ4v) is 5.95. The molecule has 0 spiro atoms. The maximum absolute atomic E-state index is 13.9. The van der Waals surface area contributed by atoms with Gasteiger partial charge in [-0.2, -0.15) is 0 Å². The Morgan fingerprint density at radius 3 is 2.58 bits per heavy atom. The molecule has 6 N–H and O–H groups in total. The molecule has 0 saturated carbocycles. The second kappa shape index (κ2) is 8.30. The van der Waals surface area contributed by atoms with Gasteiger partial charge in [0.2, 0.25) is 5.78 Å². The summed E-state index contributed by atoms with van der Waals surface area (Å²) >= 11 is 0. The predicted octanol–water partition coefficient (Wildman–Crippen LogP) is 2.60. The van der Waals surface area contributed by atoms with Crippen LogP contribution in [0.2, 0.25) is 0 Å². The van der Waals surface area contributed by atoms with E-state index in [0.29, 0.717) is 35.2 Å². The summed E-state index contributed by atoms with van der Waals surface area (Å²) in [6.45, 7) is 1.94. The van der Waals surface area contributed by atoms with Gasteiger partial charge < -0.3 is 26.2 Å². The van der Waals surface area contributed by atoms with E-state index in [4.69, 9.17) is 5.73 Å². The monoisotopic (exact) mass is 490 g/mol. The maximum Gasteiger partial charge on any atom is 0.255 e. The van der Waals surface area contributed by atoms with Crippen molar-refractivity contribution in [1.29, 1.82) is 0 Å². The van der Waals surface area contributed by atoms with Gasteiger partial charge in [0.05, 0.1) is 11.3 Å². The fourth-order valence-electron chi connectivity index (χ4n) is 5.95. The third kappa shape index (κ3) is 3.19. The van der Waals surface area contributed by atoms with Crippen LogP contribution in [0.1, 0.15) is 47.7 Å². The first-order valence-corrected chi connectivity index (χ1v) is 11.9. The lowest BCUT2D eigenvalue weighted by Gasteiger charge is -2.45. The number of benzene rings is 1. The number of phenolic OH excluding ortho intramolecular Hbond substituents is 1. The lowest BCUT2D eigenvalue weighted by molar-refractivity contribution is -0.144. The van der Waals surface area contributed by atoms with Crippen LogP contribution in [0.25, 0.3) is 11.3 Å². The van der Waals surface area contributed by atoms with Crippen molar-refractivity contribution in [3.05, 3.63) is 69.8 Å². The molecule has 9 nitrogen and oxygen atoms in total. The molecule has 186 valence electrons. The van der Waals surface area contributed by atoms with Gasteiger partial charge in [0.1, 0.15) is 22.8 Å². The van der Waals surface area contributed by atoms with Crippen LogP contribution in [-0.2, 0) is 22.4 Å². The number of nitrogens with zero attached hydrogens (tertiary/aromatic N) is 1. The Morgan fingerprint density at radius 1 is 1.19 bits per heavy atom. The number of pyridine rings is 1. The number of aliphatic hydroxyl groups is 3. The minimum Gasteiger partial charge on any atom is -0.511 e. The summed E-state index contributed by atoms with van der Waals surface area (Å²) in [5.41, 5.74) is 4.17. The number of fused-ring (bicyclic) bond motifs is 3. The van der Waals surface area contributed by atoms with Crippen LogP contribution in [0, 0.1) is 11.8 Å². The Balaban J connectivity index is 1.73. The highest BCUT2D eigenvalue weighted by molar-refractivity contribution is 6.24. The number of nitrogens with two attached hydrogens (primary N) is 1. The van der Waals surface area contributed by atoms with Crippen LogP contribution in [0.15, 0.2) is 53.1 Å². The summed E-state index contributed by atoms with van der Waals surface area (Å²) in [6.07, 6.45) is 2.90. The maximum atomic E-state index is 13.9. The van der Waals surface area contributed by atoms with E-state index in [2.05, 4.69) is 4.98 Å². The Hall–Kier alpha value is -3.98. The molecule has 0 aliphatic heterocycles. The summed E-state index contributed by atoms with van der Waals surface area (Å²) in [5, 5.41) is 44.0. The number of aromatic hydroxyl groups is 1. The Morgan fingerprint density at radius 2 is 1.94 bits per heavy atom. The highest BCUT2D eigenvalue weighted by Crippen LogP contribution is 2.52. The Bertz CT molecular complexity index is 1390. The minimum atomic E-state index is -2.57. The third-order valence-corrected chi connectivity index (χ3v) is 7.60. The number of hydrogen-bond donors (Lipinski definition) is 5. The number of hydrogen-bond acceptors (Lipinski definition) is 8. The van der Waals surface area contributed by atoms with Gasteiger partial charge in [0.15, 0.2) is 11.4 Å². The zero-order valence-electron chi connectivity index (χ0n) is 19.6. The summed E-state index contributed by atoms with van der Waals surface area (Å²) < 4.78 is 0. The molecule has 3 aliphatic rings. The van der Waals surface area contributed by atoms with E-state index in [9.17, 15) is 34.8 Å². The zero-order valence-corrected chi connectivity index (χ0v) is 19.6. The Kier molecular flexibility index (Phi) is 5.48. The van der Waals surface area contributed by atoms with Gasteiger partial charge in [-0.25, -0.2) is 0 Å². The Labute approximate surface area is 206 Å². The van der Waals surface area contributed by atoms with Crippen molar-refractivity contribution >= 4 is 17.5 Å². The molecular weight excluding hydrogens is 464 g/mol. The molecule has 3 atom stereocenters.